The van der Waals surface area contributed by atoms with Crippen LogP contribution >= 0.6 is 0 Å². The molecule has 0 heterocycles. The number of non-ortho nitro benzene ring substituents is 1. The molecule has 4 heteroatoms. The van der Waals surface area contributed by atoms with Crippen molar-refractivity contribution in [3.8, 4) is 5.75 Å². The van der Waals surface area contributed by atoms with Crippen LogP contribution in [0.3, 0.4) is 0 Å². The Morgan fingerprint density at radius 3 is 2.60 bits per heavy atom. The molecular formula is C11H13NO3. The fourth-order valence-corrected chi connectivity index (χ4v) is 0.960. The Labute approximate surface area is 88.3 Å². The molecule has 1 aromatic rings. The van der Waals surface area contributed by atoms with E-state index in [9.17, 15) is 10.1 Å². The molecule has 0 bridgehead atoms. The van der Waals surface area contributed by atoms with Crippen LogP contribution in [0.4, 0.5) is 5.69 Å². The molecule has 0 aromatic heterocycles. The van der Waals surface area contributed by atoms with Crippen molar-refractivity contribution in [1.82, 2.24) is 0 Å². The SMILES string of the molecule is C=CC(C)COc1ccc([N+](=O)[O-])cc1. The predicted molar refractivity (Wildman–Crippen MR) is 58.0 cm³/mol. The molecule has 0 amide bonds. The molecule has 80 valence electrons. The first-order chi connectivity index (χ1) is 7.13. The highest BCUT2D eigenvalue weighted by Crippen LogP contribution is 2.17. The van der Waals surface area contributed by atoms with Crippen LogP contribution in [0.15, 0.2) is 36.9 Å². The van der Waals surface area contributed by atoms with Crippen molar-refractivity contribution in [2.24, 2.45) is 5.92 Å². The van der Waals surface area contributed by atoms with Gasteiger partial charge in [-0.1, -0.05) is 13.0 Å². The number of ether oxygens (including phenoxy) is 1. The van der Waals surface area contributed by atoms with Crippen molar-refractivity contribution in [3.63, 3.8) is 0 Å². The minimum atomic E-state index is -0.434. The lowest BCUT2D eigenvalue weighted by Crippen LogP contribution is -2.05. The van der Waals surface area contributed by atoms with Gasteiger partial charge in [0.2, 0.25) is 0 Å². The van der Waals surface area contributed by atoms with E-state index in [0.29, 0.717) is 12.4 Å². The van der Waals surface area contributed by atoms with Crippen LogP contribution in [0.25, 0.3) is 0 Å². The van der Waals surface area contributed by atoms with E-state index in [0.717, 1.165) is 0 Å². The van der Waals surface area contributed by atoms with E-state index >= 15 is 0 Å². The highest BCUT2D eigenvalue weighted by Gasteiger charge is 2.04. The van der Waals surface area contributed by atoms with Crippen molar-refractivity contribution in [3.05, 3.63) is 47.0 Å². The van der Waals surface area contributed by atoms with Gasteiger partial charge in [0.25, 0.3) is 5.69 Å². The Bertz CT molecular complexity index is 345. The van der Waals surface area contributed by atoms with Gasteiger partial charge in [-0.05, 0) is 12.1 Å². The number of hydrogen-bond acceptors (Lipinski definition) is 3. The number of nitrogens with zero attached hydrogens (tertiary/aromatic N) is 1. The zero-order valence-corrected chi connectivity index (χ0v) is 8.55. The zero-order valence-electron chi connectivity index (χ0n) is 8.55. The molecule has 0 spiro atoms. The van der Waals surface area contributed by atoms with Crippen molar-refractivity contribution in [2.45, 2.75) is 6.92 Å². The van der Waals surface area contributed by atoms with Gasteiger partial charge in [0, 0.05) is 18.1 Å². The first-order valence-corrected chi connectivity index (χ1v) is 4.63. The van der Waals surface area contributed by atoms with Gasteiger partial charge in [0.15, 0.2) is 0 Å². The number of nitro benzene ring substituents is 1. The van der Waals surface area contributed by atoms with Gasteiger partial charge in [-0.15, -0.1) is 6.58 Å². The van der Waals surface area contributed by atoms with E-state index in [1.54, 1.807) is 18.2 Å². The van der Waals surface area contributed by atoms with Gasteiger partial charge >= 0.3 is 0 Å². The second-order valence-electron chi connectivity index (χ2n) is 3.28. The molecule has 1 unspecified atom stereocenters. The van der Waals surface area contributed by atoms with Crippen LogP contribution in [0, 0.1) is 16.0 Å². The van der Waals surface area contributed by atoms with E-state index in [-0.39, 0.29) is 11.6 Å². The molecule has 0 aliphatic carbocycles. The molecule has 1 atom stereocenters. The number of rotatable bonds is 5. The van der Waals surface area contributed by atoms with Gasteiger partial charge in [-0.3, -0.25) is 10.1 Å². The molecule has 0 saturated heterocycles. The lowest BCUT2D eigenvalue weighted by molar-refractivity contribution is -0.384. The van der Waals surface area contributed by atoms with E-state index in [4.69, 9.17) is 4.74 Å². The third-order valence-electron chi connectivity index (χ3n) is 1.96. The highest BCUT2D eigenvalue weighted by molar-refractivity contribution is 5.35. The molecular weight excluding hydrogens is 194 g/mol. The Morgan fingerprint density at radius 1 is 1.53 bits per heavy atom. The summed E-state index contributed by atoms with van der Waals surface area (Å²) in [5.41, 5.74) is 0.0686. The fraction of sp³-hybridized carbons (Fsp3) is 0.273. The van der Waals surface area contributed by atoms with Crippen LogP contribution in [0.1, 0.15) is 6.92 Å². The Balaban J connectivity index is 2.57. The minimum Gasteiger partial charge on any atom is -0.493 e. The summed E-state index contributed by atoms with van der Waals surface area (Å²) < 4.78 is 5.40. The highest BCUT2D eigenvalue weighted by atomic mass is 16.6. The van der Waals surface area contributed by atoms with Gasteiger partial charge < -0.3 is 4.74 Å². The Hall–Kier alpha value is -1.84. The molecule has 15 heavy (non-hydrogen) atoms. The summed E-state index contributed by atoms with van der Waals surface area (Å²) in [6.45, 7) is 6.15. The van der Waals surface area contributed by atoms with Crippen LogP contribution < -0.4 is 4.74 Å². The molecule has 1 aromatic carbocycles. The second-order valence-corrected chi connectivity index (χ2v) is 3.28. The maximum absolute atomic E-state index is 10.4. The number of hydrogen-bond donors (Lipinski definition) is 0. The third kappa shape index (κ3) is 3.42. The average molecular weight is 207 g/mol. The Kier molecular flexibility index (Phi) is 3.85. The van der Waals surface area contributed by atoms with Crippen molar-refractivity contribution >= 4 is 5.69 Å². The summed E-state index contributed by atoms with van der Waals surface area (Å²) in [6, 6.07) is 6.03. The molecule has 1 rings (SSSR count). The monoisotopic (exact) mass is 207 g/mol. The average Bonchev–Trinajstić information content (AvgIpc) is 2.26. The molecule has 0 radical (unpaired) electrons. The van der Waals surface area contributed by atoms with Gasteiger partial charge in [-0.25, -0.2) is 0 Å². The molecule has 0 N–H and O–H groups in total. The van der Waals surface area contributed by atoms with Crippen molar-refractivity contribution in [1.29, 1.82) is 0 Å². The van der Waals surface area contributed by atoms with Crippen molar-refractivity contribution < 1.29 is 9.66 Å². The largest absolute Gasteiger partial charge is 0.493 e. The molecule has 0 aliphatic heterocycles. The van der Waals surface area contributed by atoms with Crippen LogP contribution in [0.2, 0.25) is 0 Å². The topological polar surface area (TPSA) is 52.4 Å². The third-order valence-corrected chi connectivity index (χ3v) is 1.96. The summed E-state index contributed by atoms with van der Waals surface area (Å²) in [5.74, 6) is 0.898. The van der Waals surface area contributed by atoms with Gasteiger partial charge in [0.1, 0.15) is 5.75 Å². The van der Waals surface area contributed by atoms with E-state index in [2.05, 4.69) is 6.58 Å². The summed E-state index contributed by atoms with van der Waals surface area (Å²) in [6.07, 6.45) is 1.80. The standard InChI is InChI=1S/C11H13NO3/c1-3-9(2)8-15-11-6-4-10(5-7-11)12(13)14/h3-7,9H,1,8H2,2H3. The van der Waals surface area contributed by atoms with E-state index < -0.39 is 4.92 Å². The Morgan fingerprint density at radius 2 is 2.13 bits per heavy atom. The maximum atomic E-state index is 10.4. The number of benzene rings is 1. The molecule has 0 fully saturated rings. The quantitative estimate of drug-likeness (QED) is 0.424. The van der Waals surface area contributed by atoms with Crippen molar-refractivity contribution in [2.75, 3.05) is 6.61 Å². The van der Waals surface area contributed by atoms with E-state index in [1.807, 2.05) is 6.92 Å². The maximum Gasteiger partial charge on any atom is 0.269 e. The summed E-state index contributed by atoms with van der Waals surface area (Å²) in [4.78, 5) is 9.94. The first kappa shape index (κ1) is 11.2. The normalized spacial score (nSPS) is 11.8. The van der Waals surface area contributed by atoms with E-state index in [1.165, 1.54) is 12.1 Å². The smallest absolute Gasteiger partial charge is 0.269 e. The zero-order chi connectivity index (χ0) is 11.3. The fourth-order valence-electron chi connectivity index (χ4n) is 0.960. The summed E-state index contributed by atoms with van der Waals surface area (Å²) in [5, 5.41) is 10.4. The summed E-state index contributed by atoms with van der Waals surface area (Å²) in [7, 11) is 0. The van der Waals surface area contributed by atoms with Gasteiger partial charge in [0.05, 0.1) is 11.5 Å². The minimum absolute atomic E-state index is 0.0686. The molecule has 0 aliphatic rings. The molecule has 4 nitrogen and oxygen atoms in total. The first-order valence-electron chi connectivity index (χ1n) is 4.63. The lowest BCUT2D eigenvalue weighted by Gasteiger charge is -2.08. The van der Waals surface area contributed by atoms with Crippen LogP contribution in [-0.2, 0) is 0 Å². The van der Waals surface area contributed by atoms with Gasteiger partial charge in [-0.2, -0.15) is 0 Å². The second kappa shape index (κ2) is 5.14. The summed E-state index contributed by atoms with van der Waals surface area (Å²) >= 11 is 0. The lowest BCUT2D eigenvalue weighted by atomic mass is 10.2. The molecule has 0 saturated carbocycles. The van der Waals surface area contributed by atoms with Crippen LogP contribution in [0.5, 0.6) is 5.75 Å². The predicted octanol–water partition coefficient (Wildman–Crippen LogP) is 2.80. The van der Waals surface area contributed by atoms with Crippen LogP contribution in [-0.4, -0.2) is 11.5 Å². The number of nitro groups is 1.